The highest BCUT2D eigenvalue weighted by Gasteiger charge is 2.21. The molecule has 4 N–H and O–H groups in total. The van der Waals surface area contributed by atoms with Crippen LogP contribution in [0.5, 0.6) is 0 Å². The molecule has 2 aromatic heterocycles. The van der Waals surface area contributed by atoms with E-state index in [0.29, 0.717) is 42.2 Å². The molecule has 31 heavy (non-hydrogen) atoms. The number of piperazine rings is 1. The molecule has 0 unspecified atom stereocenters. The number of aromatic amines is 1. The molecule has 11 heteroatoms. The predicted octanol–water partition coefficient (Wildman–Crippen LogP) is 0.534. The lowest BCUT2D eigenvalue weighted by Crippen LogP contribution is -2.45. The molecule has 164 valence electrons. The van der Waals surface area contributed by atoms with Crippen molar-refractivity contribution in [2.75, 3.05) is 26.2 Å². The second kappa shape index (κ2) is 8.92. The molecular weight excluding hydrogens is 405 g/mol. The van der Waals surface area contributed by atoms with Crippen molar-refractivity contribution in [1.29, 1.82) is 0 Å². The van der Waals surface area contributed by atoms with Gasteiger partial charge in [0.2, 0.25) is 5.89 Å². The van der Waals surface area contributed by atoms with E-state index < -0.39 is 11.7 Å². The predicted molar refractivity (Wildman–Crippen MR) is 110 cm³/mol. The quantitative estimate of drug-likeness (QED) is 0.294. The average Bonchev–Trinajstić information content (AvgIpc) is 3.25. The molecule has 1 aliphatic heterocycles. The van der Waals surface area contributed by atoms with Crippen molar-refractivity contribution in [2.45, 2.75) is 26.4 Å². The standard InChI is InChI=1S/C20H24FN7O3/c1-2-13-19(29)25-18-14(23-13)4-3-12(17(18)21)9-27-5-7-28(8-6-27)10-16-24-15(11-31-16)20(30)26-22/h3-4,11H,2,5-10,22H2,1H3,(H,25,29)(H,26,30). The number of halogens is 1. The zero-order valence-electron chi connectivity index (χ0n) is 17.2. The van der Waals surface area contributed by atoms with E-state index >= 15 is 0 Å². The first-order valence-corrected chi connectivity index (χ1v) is 10.1. The molecule has 10 nitrogen and oxygen atoms in total. The summed E-state index contributed by atoms with van der Waals surface area (Å²) in [6, 6.07) is 3.47. The molecule has 1 amide bonds. The maximum atomic E-state index is 15.0. The Bertz CT molecular complexity index is 1150. The van der Waals surface area contributed by atoms with Gasteiger partial charge in [0.25, 0.3) is 11.5 Å². The van der Waals surface area contributed by atoms with Crippen LogP contribution in [0.2, 0.25) is 0 Å². The number of carbonyl (C=O) groups is 1. The third-order valence-electron chi connectivity index (χ3n) is 5.42. The van der Waals surface area contributed by atoms with Crippen LogP contribution >= 0.6 is 0 Å². The number of carbonyl (C=O) groups excluding carboxylic acids is 1. The molecule has 4 rings (SSSR count). The van der Waals surface area contributed by atoms with E-state index in [1.807, 2.05) is 12.3 Å². The van der Waals surface area contributed by atoms with Gasteiger partial charge in [-0.05, 0) is 12.5 Å². The van der Waals surface area contributed by atoms with Crippen LogP contribution in [0, 0.1) is 5.82 Å². The zero-order chi connectivity index (χ0) is 22.0. The number of nitrogens with one attached hydrogen (secondary N) is 2. The Morgan fingerprint density at radius 1 is 1.23 bits per heavy atom. The molecule has 0 radical (unpaired) electrons. The Labute approximate surface area is 177 Å². The molecule has 0 bridgehead atoms. The molecule has 0 saturated carbocycles. The minimum atomic E-state index is -0.500. The summed E-state index contributed by atoms with van der Waals surface area (Å²) in [6.07, 6.45) is 1.77. The highest BCUT2D eigenvalue weighted by Crippen LogP contribution is 2.20. The van der Waals surface area contributed by atoms with Crippen LogP contribution in [0.4, 0.5) is 4.39 Å². The van der Waals surface area contributed by atoms with Gasteiger partial charge < -0.3 is 9.40 Å². The summed E-state index contributed by atoms with van der Waals surface area (Å²) in [4.78, 5) is 38.8. The Kier molecular flexibility index (Phi) is 6.07. The number of nitrogens with zero attached hydrogens (tertiary/aromatic N) is 4. The number of rotatable bonds is 6. The molecule has 1 saturated heterocycles. The van der Waals surface area contributed by atoms with E-state index in [-0.39, 0.29) is 16.8 Å². The van der Waals surface area contributed by atoms with Gasteiger partial charge in [0.1, 0.15) is 17.5 Å². The molecule has 3 aromatic rings. The van der Waals surface area contributed by atoms with Crippen LogP contribution in [-0.4, -0.2) is 56.8 Å². The molecular formula is C20H24FN7O3. The van der Waals surface area contributed by atoms with Crippen molar-refractivity contribution < 1.29 is 13.6 Å². The number of hydrogen-bond acceptors (Lipinski definition) is 8. The lowest BCUT2D eigenvalue weighted by Gasteiger charge is -2.34. The fourth-order valence-corrected chi connectivity index (χ4v) is 3.66. The van der Waals surface area contributed by atoms with Crippen molar-refractivity contribution in [1.82, 2.24) is 30.2 Å². The first kappa shape index (κ1) is 21.1. The average molecular weight is 429 g/mol. The summed E-state index contributed by atoms with van der Waals surface area (Å²) in [7, 11) is 0. The highest BCUT2D eigenvalue weighted by molar-refractivity contribution is 5.91. The molecule has 3 heterocycles. The van der Waals surface area contributed by atoms with Crippen LogP contribution in [0.15, 0.2) is 27.6 Å². The maximum absolute atomic E-state index is 15.0. The Hall–Kier alpha value is -3.15. The number of aryl methyl sites for hydroxylation is 1. The number of hydrazine groups is 1. The zero-order valence-corrected chi connectivity index (χ0v) is 17.2. The molecule has 1 aliphatic rings. The first-order valence-electron chi connectivity index (χ1n) is 10.1. The van der Waals surface area contributed by atoms with Gasteiger partial charge in [-0.25, -0.2) is 20.2 Å². The first-order chi connectivity index (χ1) is 15.0. The Morgan fingerprint density at radius 3 is 2.61 bits per heavy atom. The Balaban J connectivity index is 1.38. The molecule has 0 atom stereocenters. The Morgan fingerprint density at radius 2 is 1.94 bits per heavy atom. The van der Waals surface area contributed by atoms with Crippen LogP contribution in [0.1, 0.15) is 34.6 Å². The van der Waals surface area contributed by atoms with Crippen molar-refractivity contribution in [3.63, 3.8) is 0 Å². The van der Waals surface area contributed by atoms with Gasteiger partial charge in [0.15, 0.2) is 11.5 Å². The normalized spacial score (nSPS) is 15.5. The molecule has 1 aromatic carbocycles. The fraction of sp³-hybridized carbons (Fsp3) is 0.400. The van der Waals surface area contributed by atoms with Gasteiger partial charge in [0, 0.05) is 38.3 Å². The number of fused-ring (bicyclic) bond motifs is 1. The van der Waals surface area contributed by atoms with Crippen LogP contribution < -0.4 is 16.8 Å². The number of amides is 1. The van der Waals surface area contributed by atoms with Crippen LogP contribution in [0.3, 0.4) is 0 Å². The SMILES string of the molecule is CCc1nc2ccc(CN3CCN(Cc4nc(C(=O)NN)co4)CC3)c(F)c2[nH]c1=O. The van der Waals surface area contributed by atoms with Crippen molar-refractivity contribution >= 4 is 16.9 Å². The molecule has 0 spiro atoms. The monoisotopic (exact) mass is 429 g/mol. The van der Waals surface area contributed by atoms with Gasteiger partial charge in [-0.1, -0.05) is 13.0 Å². The number of H-pyrrole nitrogens is 1. The number of nitrogen functional groups attached to an aromatic ring is 1. The summed E-state index contributed by atoms with van der Waals surface area (Å²) in [5.41, 5.74) is 3.34. The largest absolute Gasteiger partial charge is 0.447 e. The van der Waals surface area contributed by atoms with Gasteiger partial charge in [-0.15, -0.1) is 0 Å². The van der Waals surface area contributed by atoms with Crippen LogP contribution in [0.25, 0.3) is 11.0 Å². The van der Waals surface area contributed by atoms with Crippen molar-refractivity contribution in [2.24, 2.45) is 5.84 Å². The van der Waals surface area contributed by atoms with E-state index in [2.05, 4.69) is 24.8 Å². The summed E-state index contributed by atoms with van der Waals surface area (Å²) in [5.74, 6) is 4.60. The number of hydrogen-bond donors (Lipinski definition) is 3. The van der Waals surface area contributed by atoms with Gasteiger partial charge in [-0.3, -0.25) is 24.8 Å². The van der Waals surface area contributed by atoms with Crippen molar-refractivity contribution in [3.05, 3.63) is 57.4 Å². The molecule has 1 fully saturated rings. The van der Waals surface area contributed by atoms with E-state index in [0.717, 1.165) is 26.2 Å². The van der Waals surface area contributed by atoms with Crippen molar-refractivity contribution in [3.8, 4) is 0 Å². The molecule has 0 aliphatic carbocycles. The highest BCUT2D eigenvalue weighted by atomic mass is 19.1. The number of oxazole rings is 1. The summed E-state index contributed by atoms with van der Waals surface area (Å²) >= 11 is 0. The minimum absolute atomic E-state index is 0.140. The maximum Gasteiger partial charge on any atom is 0.287 e. The minimum Gasteiger partial charge on any atom is -0.447 e. The summed E-state index contributed by atoms with van der Waals surface area (Å²) < 4.78 is 20.3. The van der Waals surface area contributed by atoms with Gasteiger partial charge in [0.05, 0.1) is 12.1 Å². The third-order valence-corrected chi connectivity index (χ3v) is 5.42. The topological polar surface area (TPSA) is 133 Å². The second-order valence-electron chi connectivity index (χ2n) is 7.45. The third kappa shape index (κ3) is 4.48. The lowest BCUT2D eigenvalue weighted by molar-refractivity contribution is 0.0948. The summed E-state index contributed by atoms with van der Waals surface area (Å²) in [5, 5.41) is 0. The van der Waals surface area contributed by atoms with Gasteiger partial charge >= 0.3 is 0 Å². The van der Waals surface area contributed by atoms with E-state index in [1.165, 1.54) is 6.26 Å². The van der Waals surface area contributed by atoms with E-state index in [9.17, 15) is 14.0 Å². The van der Waals surface area contributed by atoms with E-state index in [4.69, 9.17) is 10.3 Å². The van der Waals surface area contributed by atoms with Gasteiger partial charge in [-0.2, -0.15) is 0 Å². The lowest BCUT2D eigenvalue weighted by atomic mass is 10.1. The number of nitrogens with two attached hydrogens (primary N) is 1. The second-order valence-corrected chi connectivity index (χ2v) is 7.45. The number of aromatic nitrogens is 3. The smallest absolute Gasteiger partial charge is 0.287 e. The fourth-order valence-electron chi connectivity index (χ4n) is 3.66. The van der Waals surface area contributed by atoms with Crippen LogP contribution in [-0.2, 0) is 19.5 Å². The van der Waals surface area contributed by atoms with E-state index in [1.54, 1.807) is 12.1 Å². The summed E-state index contributed by atoms with van der Waals surface area (Å²) in [6.45, 7) is 5.71. The number of benzene rings is 1.